The average Bonchev–Trinajstić information content (AvgIpc) is 3.00. The Bertz CT molecular complexity index is 1510. The lowest BCUT2D eigenvalue weighted by atomic mass is 9.99. The van der Waals surface area contributed by atoms with Gasteiger partial charge >= 0.3 is 24.1 Å². The minimum absolute atomic E-state index is 0.0486. The molecule has 0 saturated carbocycles. The number of carbonyl (C=O) groups is 5. The van der Waals surface area contributed by atoms with E-state index in [-0.39, 0.29) is 32.5 Å². The van der Waals surface area contributed by atoms with Crippen molar-refractivity contribution in [2.45, 2.75) is 31.6 Å². The van der Waals surface area contributed by atoms with Gasteiger partial charge in [0.05, 0.1) is 29.1 Å². The lowest BCUT2D eigenvalue weighted by molar-refractivity contribution is -0.192. The first-order valence-corrected chi connectivity index (χ1v) is 14.1. The number of carboxylic acid groups (broad SMARTS) is 2. The predicted octanol–water partition coefficient (Wildman–Crippen LogP) is 4.93. The number of amides is 4. The molecule has 1 atom stereocenters. The first kappa shape index (κ1) is 37.4. The predicted molar refractivity (Wildman–Crippen MR) is 163 cm³/mol. The molecule has 4 amide bonds. The largest absolute Gasteiger partial charge is 0.490 e. The summed E-state index contributed by atoms with van der Waals surface area (Å²) in [6, 6.07) is 20.7. The summed E-state index contributed by atoms with van der Waals surface area (Å²) in [7, 11) is 0. The van der Waals surface area contributed by atoms with Crippen LogP contribution >= 0.6 is 23.2 Å². The number of alkyl halides is 3. The number of halogens is 5. The van der Waals surface area contributed by atoms with E-state index in [4.69, 9.17) is 33.1 Å². The van der Waals surface area contributed by atoms with Crippen LogP contribution in [0.15, 0.2) is 72.8 Å². The van der Waals surface area contributed by atoms with Gasteiger partial charge in [-0.25, -0.2) is 9.59 Å². The third kappa shape index (κ3) is 13.9. The van der Waals surface area contributed by atoms with Crippen molar-refractivity contribution < 1.29 is 47.4 Å². The summed E-state index contributed by atoms with van der Waals surface area (Å²) in [5, 5.41) is 27.6. The topological polar surface area (TPSA) is 174 Å². The number of aliphatic carboxylic acids is 2. The van der Waals surface area contributed by atoms with Crippen LogP contribution in [0, 0.1) is 0 Å². The molecule has 11 nitrogen and oxygen atoms in total. The highest BCUT2D eigenvalue weighted by atomic mass is 35.5. The Morgan fingerprint density at radius 2 is 1.37 bits per heavy atom. The van der Waals surface area contributed by atoms with Crippen molar-refractivity contribution in [1.29, 1.82) is 0 Å². The Labute approximate surface area is 271 Å². The molecule has 0 spiro atoms. The SMILES string of the molecule is O=C(O)C(F)(F)F.O=C(O)CC(NC(=O)CNC(=O)CCNC(=O)NCc1ccc(Cl)c(Cl)c1)c1ccc(-c2ccccc2)cc1. The molecule has 0 radical (unpaired) electrons. The number of benzene rings is 3. The lowest BCUT2D eigenvalue weighted by Gasteiger charge is -2.18. The van der Waals surface area contributed by atoms with Gasteiger partial charge in [-0.3, -0.25) is 14.4 Å². The summed E-state index contributed by atoms with van der Waals surface area (Å²) in [6.45, 7) is -0.0573. The maximum absolute atomic E-state index is 12.4. The summed E-state index contributed by atoms with van der Waals surface area (Å²) in [5.41, 5.74) is 3.37. The Kier molecular flexibility index (Phi) is 14.8. The third-order valence-corrected chi connectivity index (χ3v) is 6.64. The van der Waals surface area contributed by atoms with E-state index in [1.807, 2.05) is 42.5 Å². The van der Waals surface area contributed by atoms with Crippen LogP contribution in [-0.4, -0.2) is 59.3 Å². The van der Waals surface area contributed by atoms with Gasteiger partial charge in [-0.2, -0.15) is 13.2 Å². The standard InChI is InChI=1S/C28H28Cl2N4O5.C2HF3O2/c29-22-11-6-18(14-23(22)30)16-33-28(39)31-13-12-25(35)32-17-26(36)34-24(15-27(37)38)21-9-7-20(8-10-21)19-4-2-1-3-5-19;3-2(4,5)1(6)7/h1-11,14,24H,12-13,15-17H2,(H,32,35)(H,34,36)(H,37,38)(H2,31,33,39);(H,6,7). The second kappa shape index (κ2) is 18.2. The van der Waals surface area contributed by atoms with E-state index in [9.17, 15) is 37.5 Å². The molecular weight excluding hydrogens is 656 g/mol. The maximum atomic E-state index is 12.4. The van der Waals surface area contributed by atoms with Gasteiger partial charge in [0.1, 0.15) is 0 Å². The second-order valence-corrected chi connectivity index (χ2v) is 10.2. The molecule has 3 aromatic carbocycles. The van der Waals surface area contributed by atoms with Crippen molar-refractivity contribution >= 4 is 53.0 Å². The van der Waals surface area contributed by atoms with E-state index in [0.717, 1.165) is 16.7 Å². The van der Waals surface area contributed by atoms with Gasteiger partial charge in [-0.15, -0.1) is 0 Å². The van der Waals surface area contributed by atoms with Gasteiger partial charge in [0.2, 0.25) is 11.8 Å². The van der Waals surface area contributed by atoms with Crippen LogP contribution in [0.25, 0.3) is 11.1 Å². The fourth-order valence-corrected chi connectivity index (χ4v) is 3.98. The molecule has 0 fully saturated rings. The molecule has 3 aromatic rings. The second-order valence-electron chi connectivity index (χ2n) is 9.39. The monoisotopic (exact) mass is 684 g/mol. The van der Waals surface area contributed by atoms with Gasteiger partial charge in [0, 0.05) is 19.5 Å². The molecule has 0 aliphatic rings. The minimum Gasteiger partial charge on any atom is -0.481 e. The van der Waals surface area contributed by atoms with Crippen molar-refractivity contribution in [3.63, 3.8) is 0 Å². The lowest BCUT2D eigenvalue weighted by Crippen LogP contribution is -2.41. The van der Waals surface area contributed by atoms with E-state index in [2.05, 4.69) is 21.3 Å². The Morgan fingerprint density at radius 3 is 1.93 bits per heavy atom. The van der Waals surface area contributed by atoms with Gasteiger partial charge in [0.15, 0.2) is 0 Å². The van der Waals surface area contributed by atoms with Gasteiger partial charge in [0.25, 0.3) is 0 Å². The van der Waals surface area contributed by atoms with Crippen molar-refractivity contribution in [2.75, 3.05) is 13.1 Å². The number of nitrogens with one attached hydrogen (secondary N) is 4. The van der Waals surface area contributed by atoms with E-state index in [1.54, 1.807) is 30.3 Å². The maximum Gasteiger partial charge on any atom is 0.490 e. The smallest absolute Gasteiger partial charge is 0.481 e. The van der Waals surface area contributed by atoms with E-state index in [0.29, 0.717) is 15.6 Å². The zero-order valence-corrected chi connectivity index (χ0v) is 25.4. The van der Waals surface area contributed by atoms with Crippen LogP contribution in [0.5, 0.6) is 0 Å². The summed E-state index contributed by atoms with van der Waals surface area (Å²) in [4.78, 5) is 56.7. The Morgan fingerprint density at radius 1 is 0.761 bits per heavy atom. The first-order chi connectivity index (χ1) is 21.6. The highest BCUT2D eigenvalue weighted by molar-refractivity contribution is 6.42. The zero-order valence-electron chi connectivity index (χ0n) is 23.9. The van der Waals surface area contributed by atoms with Crippen LogP contribution in [0.3, 0.4) is 0 Å². The molecule has 3 rings (SSSR count). The van der Waals surface area contributed by atoms with Crippen LogP contribution < -0.4 is 21.3 Å². The quantitative estimate of drug-likeness (QED) is 0.157. The average molecular weight is 685 g/mol. The van der Waals surface area contributed by atoms with E-state index in [1.165, 1.54) is 0 Å². The molecule has 0 aliphatic carbocycles. The molecular formula is C30H29Cl2F3N4O7. The van der Waals surface area contributed by atoms with Gasteiger partial charge in [-0.05, 0) is 34.4 Å². The summed E-state index contributed by atoms with van der Waals surface area (Å²) >= 11 is 11.8. The molecule has 0 bridgehead atoms. The van der Waals surface area contributed by atoms with E-state index < -0.39 is 42.0 Å². The molecule has 0 saturated heterocycles. The fourth-order valence-electron chi connectivity index (χ4n) is 3.66. The Hall–Kier alpha value is -4.82. The van der Waals surface area contributed by atoms with Crippen LogP contribution in [0.4, 0.5) is 18.0 Å². The number of carbonyl (C=O) groups excluding carboxylic acids is 3. The number of urea groups is 1. The molecule has 46 heavy (non-hydrogen) atoms. The van der Waals surface area contributed by atoms with Gasteiger partial charge < -0.3 is 31.5 Å². The number of rotatable bonds is 12. The van der Waals surface area contributed by atoms with E-state index >= 15 is 0 Å². The van der Waals surface area contributed by atoms with Crippen molar-refractivity contribution in [2.24, 2.45) is 0 Å². The van der Waals surface area contributed by atoms with Crippen molar-refractivity contribution in [1.82, 2.24) is 21.3 Å². The zero-order chi connectivity index (χ0) is 34.3. The number of hydrogen-bond acceptors (Lipinski definition) is 5. The van der Waals surface area contributed by atoms with Crippen LogP contribution in [0.2, 0.25) is 10.0 Å². The number of carboxylic acids is 2. The Balaban J connectivity index is 0.000000942. The molecule has 6 N–H and O–H groups in total. The minimum atomic E-state index is -5.08. The highest BCUT2D eigenvalue weighted by Gasteiger charge is 2.38. The summed E-state index contributed by atoms with van der Waals surface area (Å²) < 4.78 is 31.7. The molecule has 0 aromatic heterocycles. The third-order valence-electron chi connectivity index (χ3n) is 5.90. The molecule has 0 aliphatic heterocycles. The van der Waals surface area contributed by atoms with Crippen LogP contribution in [0.1, 0.15) is 30.0 Å². The fraction of sp³-hybridized carbons (Fsp3) is 0.233. The van der Waals surface area contributed by atoms with Crippen molar-refractivity contribution in [3.8, 4) is 11.1 Å². The van der Waals surface area contributed by atoms with Crippen molar-refractivity contribution in [3.05, 3.63) is 94.0 Å². The van der Waals surface area contributed by atoms with Crippen LogP contribution in [-0.2, 0) is 25.7 Å². The summed E-state index contributed by atoms with van der Waals surface area (Å²) in [5.74, 6) is -4.81. The first-order valence-electron chi connectivity index (χ1n) is 13.3. The molecule has 1 unspecified atom stereocenters. The number of hydrogen-bond donors (Lipinski definition) is 6. The highest BCUT2D eigenvalue weighted by Crippen LogP contribution is 2.24. The summed E-state index contributed by atoms with van der Waals surface area (Å²) in [6.07, 6.45) is -5.45. The normalized spacial score (nSPS) is 11.2. The molecule has 16 heteroatoms. The van der Waals surface area contributed by atoms with Gasteiger partial charge in [-0.1, -0.05) is 83.9 Å². The molecule has 246 valence electrons. The molecule has 0 heterocycles.